The molecule has 0 aliphatic rings. The van der Waals surface area contributed by atoms with Crippen molar-refractivity contribution in [2.45, 2.75) is 14.1 Å². The summed E-state index contributed by atoms with van der Waals surface area (Å²) in [7, 11) is 0. The fourth-order valence-corrected chi connectivity index (χ4v) is 2.34. The highest BCUT2D eigenvalue weighted by Crippen LogP contribution is 2.22. The molecule has 1 N–H and O–H groups in total. The topological polar surface area (TPSA) is 20.2 Å². The lowest BCUT2D eigenvalue weighted by atomic mass is 10.5. The van der Waals surface area contributed by atoms with Gasteiger partial charge in [0, 0.05) is 0 Å². The molecule has 0 spiro atoms. The van der Waals surface area contributed by atoms with Crippen molar-refractivity contribution in [3.63, 3.8) is 0 Å². The van der Waals surface area contributed by atoms with E-state index in [1.54, 1.807) is 0 Å². The summed E-state index contributed by atoms with van der Waals surface area (Å²) in [6, 6.07) is 0. The number of hydrogen-bond donors (Lipinski definition) is 1. The predicted octanol–water partition coefficient (Wildman–Crippen LogP) is 2.42. The third kappa shape index (κ3) is 3.67. The van der Waals surface area contributed by atoms with E-state index in [-0.39, 0.29) is 3.74 Å². The molecule has 0 rings (SSSR count). The molecule has 50 valence electrons. The van der Waals surface area contributed by atoms with E-state index in [4.69, 9.17) is 16.7 Å². The fourth-order valence-electron chi connectivity index (χ4n) is 0.110. The summed E-state index contributed by atoms with van der Waals surface area (Å²) in [5.41, 5.74) is 0. The largest absolute Gasteiger partial charge is 0.389 e. The summed E-state index contributed by atoms with van der Waals surface area (Å²) < 4.78 is -0.567. The Morgan fingerprint density at radius 2 is 1.62 bits per heavy atom. The van der Waals surface area contributed by atoms with E-state index in [9.17, 15) is 0 Å². The Morgan fingerprint density at radius 1 is 1.25 bits per heavy atom. The summed E-state index contributed by atoms with van der Waals surface area (Å²) in [6.45, 7) is 0. The molecule has 0 aliphatic carbocycles. The molecule has 0 saturated carbocycles. The van der Waals surface area contributed by atoms with Crippen LogP contribution in [0.25, 0.3) is 0 Å². The van der Waals surface area contributed by atoms with Gasteiger partial charge in [-0.05, 0) is 0 Å². The second kappa shape index (κ2) is 4.50. The van der Waals surface area contributed by atoms with Crippen LogP contribution >= 0.6 is 59.4 Å². The number of aliphatic hydroxyl groups is 1. The Kier molecular flexibility index (Phi) is 5.45. The van der Waals surface area contributed by atoms with Crippen LogP contribution in [0.3, 0.4) is 0 Å². The Hall–Kier alpha value is 1.69. The third-order valence-corrected chi connectivity index (χ3v) is 2.40. The van der Waals surface area contributed by atoms with Crippen LogP contribution in [0.2, 0.25) is 0 Å². The number of hydrogen-bond acceptors (Lipinski definition) is 1. The van der Waals surface area contributed by atoms with Crippen LogP contribution in [-0.4, -0.2) is 19.2 Å². The molecule has 0 bridgehead atoms. The van der Waals surface area contributed by atoms with E-state index in [0.29, 0.717) is 0 Å². The van der Waals surface area contributed by atoms with Crippen LogP contribution < -0.4 is 0 Å². The molecule has 0 amide bonds. The third-order valence-electron chi connectivity index (χ3n) is 0.516. The molecule has 0 heterocycles. The van der Waals surface area contributed by atoms with Crippen LogP contribution in [0.5, 0.6) is 0 Å². The molecule has 1 nitrogen and oxygen atoms in total. The van der Waals surface area contributed by atoms with Crippen LogP contribution in [0.15, 0.2) is 0 Å². The monoisotopic (exact) mass is 328 g/mol. The maximum Gasteiger partial charge on any atom is 0.116 e. The quantitative estimate of drug-likeness (QED) is 0.771. The van der Waals surface area contributed by atoms with Gasteiger partial charge in [0.15, 0.2) is 0 Å². The van der Waals surface area contributed by atoms with Crippen molar-refractivity contribution >= 4 is 59.4 Å². The predicted molar refractivity (Wildman–Crippen MR) is 46.2 cm³/mol. The Labute approximate surface area is 78.2 Å². The summed E-state index contributed by atoms with van der Waals surface area (Å²) >= 11 is 14.6. The fraction of sp³-hybridized carbons (Fsp3) is 1.00. The average molecular weight is 331 g/mol. The molecule has 2 atom stereocenters. The summed E-state index contributed by atoms with van der Waals surface area (Å²) in [5.74, 6) is 0. The van der Waals surface area contributed by atoms with Crippen LogP contribution in [-0.2, 0) is 0 Å². The number of halogens is 4. The van der Waals surface area contributed by atoms with Gasteiger partial charge in [0.2, 0.25) is 0 Å². The highest BCUT2D eigenvalue weighted by atomic mass is 79.9. The van der Waals surface area contributed by atoms with Gasteiger partial charge in [-0.2, -0.15) is 0 Å². The molecule has 0 fully saturated rings. The van der Waals surface area contributed by atoms with Crippen molar-refractivity contribution in [3.05, 3.63) is 0 Å². The van der Waals surface area contributed by atoms with Crippen molar-refractivity contribution in [1.29, 1.82) is 0 Å². The first-order chi connectivity index (χ1) is 3.55. The van der Waals surface area contributed by atoms with Gasteiger partial charge in [-0.15, -0.1) is 11.6 Å². The lowest BCUT2D eigenvalue weighted by Gasteiger charge is -2.11. The summed E-state index contributed by atoms with van der Waals surface area (Å²) in [6.07, 6.45) is -0.614. The highest BCUT2D eigenvalue weighted by Gasteiger charge is 2.18. The minimum absolute atomic E-state index is 0.156. The Bertz CT molecular complexity index is 59.5. The second-order valence-electron chi connectivity index (χ2n) is 1.16. The molecule has 0 aromatic heterocycles. The minimum atomic E-state index is -0.614. The van der Waals surface area contributed by atoms with E-state index < -0.39 is 10.4 Å². The van der Waals surface area contributed by atoms with E-state index in [2.05, 4.69) is 47.8 Å². The highest BCUT2D eigenvalue weighted by molar-refractivity contribution is 9.24. The van der Waals surface area contributed by atoms with Gasteiger partial charge < -0.3 is 5.11 Å². The van der Waals surface area contributed by atoms with Gasteiger partial charge in [-0.3, -0.25) is 0 Å². The first-order valence-electron chi connectivity index (χ1n) is 1.80. The standard InChI is InChI=1S/C3H4Br3ClO/c4-2(5)1(8)3(6)7/h1-3,8H. The Morgan fingerprint density at radius 3 is 1.62 bits per heavy atom. The second-order valence-corrected chi connectivity index (χ2v) is 6.35. The molecule has 0 aromatic carbocycles. The minimum Gasteiger partial charge on any atom is -0.389 e. The van der Waals surface area contributed by atoms with Crippen LogP contribution in [0.1, 0.15) is 0 Å². The van der Waals surface area contributed by atoms with Gasteiger partial charge in [0.05, 0.1) is 3.74 Å². The van der Waals surface area contributed by atoms with Crippen molar-refractivity contribution in [2.75, 3.05) is 0 Å². The molecular formula is C3H4Br3ClO. The van der Waals surface area contributed by atoms with Crippen molar-refractivity contribution in [2.24, 2.45) is 0 Å². The number of aliphatic hydroxyl groups excluding tert-OH is 1. The maximum atomic E-state index is 8.93. The van der Waals surface area contributed by atoms with E-state index >= 15 is 0 Å². The van der Waals surface area contributed by atoms with Crippen LogP contribution in [0, 0.1) is 0 Å². The molecular weight excluding hydrogens is 327 g/mol. The first kappa shape index (κ1) is 9.69. The SMILES string of the molecule is OC(C(Cl)Br)C(Br)Br. The zero-order chi connectivity index (χ0) is 6.73. The zero-order valence-corrected chi connectivity index (χ0v) is 9.21. The number of alkyl halides is 4. The molecule has 0 aliphatic heterocycles. The molecule has 8 heavy (non-hydrogen) atoms. The Balaban J connectivity index is 3.46. The molecule has 5 heteroatoms. The summed E-state index contributed by atoms with van der Waals surface area (Å²) in [4.78, 5) is 0. The van der Waals surface area contributed by atoms with E-state index in [0.717, 1.165) is 0 Å². The van der Waals surface area contributed by atoms with E-state index in [1.165, 1.54) is 0 Å². The van der Waals surface area contributed by atoms with Crippen molar-refractivity contribution in [3.8, 4) is 0 Å². The summed E-state index contributed by atoms with van der Waals surface area (Å²) in [5, 5.41) is 8.93. The molecule has 2 unspecified atom stereocenters. The van der Waals surface area contributed by atoms with Gasteiger partial charge >= 0.3 is 0 Å². The van der Waals surface area contributed by atoms with Gasteiger partial charge in [-0.1, -0.05) is 47.8 Å². The van der Waals surface area contributed by atoms with Crippen molar-refractivity contribution < 1.29 is 5.11 Å². The molecule has 0 saturated heterocycles. The lowest BCUT2D eigenvalue weighted by Crippen LogP contribution is -2.21. The molecule has 0 aromatic rings. The van der Waals surface area contributed by atoms with Crippen molar-refractivity contribution in [1.82, 2.24) is 0 Å². The normalized spacial score (nSPS) is 18.8. The van der Waals surface area contributed by atoms with Gasteiger partial charge in [0.25, 0.3) is 0 Å². The first-order valence-corrected chi connectivity index (χ1v) is 4.98. The number of rotatable bonds is 2. The van der Waals surface area contributed by atoms with Gasteiger partial charge in [0.1, 0.15) is 10.4 Å². The molecule has 0 radical (unpaired) electrons. The average Bonchev–Trinajstić information content (AvgIpc) is 1.64. The van der Waals surface area contributed by atoms with Crippen LogP contribution in [0.4, 0.5) is 0 Å². The lowest BCUT2D eigenvalue weighted by molar-refractivity contribution is 0.212. The van der Waals surface area contributed by atoms with Gasteiger partial charge in [-0.25, -0.2) is 0 Å². The maximum absolute atomic E-state index is 8.93. The van der Waals surface area contributed by atoms with E-state index in [1.807, 2.05) is 0 Å². The zero-order valence-electron chi connectivity index (χ0n) is 3.69. The smallest absolute Gasteiger partial charge is 0.116 e.